The van der Waals surface area contributed by atoms with Gasteiger partial charge in [-0.2, -0.15) is 0 Å². The van der Waals surface area contributed by atoms with Crippen molar-refractivity contribution < 1.29 is 9.90 Å². The minimum absolute atomic E-state index is 0.184. The van der Waals surface area contributed by atoms with Gasteiger partial charge in [0, 0.05) is 39.7 Å². The maximum Gasteiger partial charge on any atom is 0.335 e. The van der Waals surface area contributed by atoms with Crippen LogP contribution in [0.1, 0.15) is 10.4 Å². The lowest BCUT2D eigenvalue weighted by Crippen LogP contribution is -1.96. The Kier molecular flexibility index (Phi) is 6.90. The molecule has 0 spiro atoms. The fourth-order valence-electron chi connectivity index (χ4n) is 2.26. The molecular weight excluding hydrogens is 466 g/mol. The van der Waals surface area contributed by atoms with Gasteiger partial charge in [0.25, 0.3) is 0 Å². The molecule has 0 atom stereocenters. The number of halogens is 4. The third-order valence-corrected chi connectivity index (χ3v) is 6.03. The van der Waals surface area contributed by atoms with Gasteiger partial charge in [-0.05, 0) is 54.6 Å². The topological polar surface area (TPSA) is 37.3 Å². The second-order valence-electron chi connectivity index (χ2n) is 5.41. The molecule has 0 radical (unpaired) electrons. The molecular formula is C19H10Cl4O2S2. The van der Waals surface area contributed by atoms with Crippen LogP contribution in [-0.4, -0.2) is 11.1 Å². The fourth-order valence-corrected chi connectivity index (χ4v) is 5.68. The van der Waals surface area contributed by atoms with Gasteiger partial charge in [-0.1, -0.05) is 69.9 Å². The number of aromatic carboxylic acids is 1. The molecule has 0 saturated heterocycles. The third-order valence-electron chi connectivity index (χ3n) is 3.27. The summed E-state index contributed by atoms with van der Waals surface area (Å²) < 4.78 is 0. The van der Waals surface area contributed by atoms with Crippen molar-refractivity contribution in [3.8, 4) is 0 Å². The highest BCUT2D eigenvalue weighted by atomic mass is 35.5. The van der Waals surface area contributed by atoms with Crippen molar-refractivity contribution in [2.45, 2.75) is 19.6 Å². The zero-order valence-electron chi connectivity index (χ0n) is 13.4. The molecule has 0 fully saturated rings. The molecule has 0 aliphatic heterocycles. The van der Waals surface area contributed by atoms with Crippen LogP contribution in [0.15, 0.2) is 74.2 Å². The van der Waals surface area contributed by atoms with Crippen molar-refractivity contribution in [3.63, 3.8) is 0 Å². The largest absolute Gasteiger partial charge is 0.478 e. The lowest BCUT2D eigenvalue weighted by atomic mass is 10.2. The van der Waals surface area contributed by atoms with Crippen LogP contribution in [0.2, 0.25) is 20.1 Å². The Bertz CT molecular complexity index is 912. The summed E-state index contributed by atoms with van der Waals surface area (Å²) in [5.74, 6) is -1.01. The number of benzene rings is 3. The zero-order chi connectivity index (χ0) is 19.6. The first kappa shape index (κ1) is 20.7. The number of carboxylic acid groups (broad SMARTS) is 1. The number of hydrogen-bond acceptors (Lipinski definition) is 3. The number of carbonyl (C=O) groups is 1. The third kappa shape index (κ3) is 5.98. The van der Waals surface area contributed by atoms with E-state index in [2.05, 4.69) is 0 Å². The Morgan fingerprint density at radius 2 is 0.926 bits per heavy atom. The van der Waals surface area contributed by atoms with Gasteiger partial charge >= 0.3 is 5.97 Å². The molecule has 0 saturated carbocycles. The SMILES string of the molecule is O=C(O)c1cc(Sc2cc(Cl)cc(Cl)c2)cc(Sc2cc(Cl)cc(Cl)c2)c1. The summed E-state index contributed by atoms with van der Waals surface area (Å²) in [5, 5.41) is 11.5. The van der Waals surface area contributed by atoms with E-state index in [1.165, 1.54) is 23.5 Å². The minimum Gasteiger partial charge on any atom is -0.478 e. The quantitative estimate of drug-likeness (QED) is 0.402. The molecule has 0 bridgehead atoms. The van der Waals surface area contributed by atoms with Gasteiger partial charge in [-0.25, -0.2) is 4.79 Å². The van der Waals surface area contributed by atoms with Gasteiger partial charge < -0.3 is 5.11 Å². The van der Waals surface area contributed by atoms with Gasteiger partial charge in [0.2, 0.25) is 0 Å². The standard InChI is InChI=1S/C19H10Cl4O2S2/c20-11-3-12(21)6-17(5-11)26-15-1-10(19(24)25)2-16(9-15)27-18-7-13(22)4-14(23)8-18/h1-9H,(H,24,25). The average Bonchev–Trinajstić information content (AvgIpc) is 2.52. The molecule has 0 unspecified atom stereocenters. The van der Waals surface area contributed by atoms with E-state index in [1.807, 2.05) is 6.07 Å². The van der Waals surface area contributed by atoms with Gasteiger partial charge in [-0.15, -0.1) is 0 Å². The Morgan fingerprint density at radius 1 is 0.593 bits per heavy atom. The molecule has 3 aromatic rings. The molecule has 0 heterocycles. The molecule has 0 aliphatic carbocycles. The summed E-state index contributed by atoms with van der Waals surface area (Å²) >= 11 is 26.9. The van der Waals surface area contributed by atoms with Gasteiger partial charge in [0.1, 0.15) is 0 Å². The van der Waals surface area contributed by atoms with Crippen molar-refractivity contribution in [2.24, 2.45) is 0 Å². The van der Waals surface area contributed by atoms with E-state index in [0.29, 0.717) is 20.1 Å². The summed E-state index contributed by atoms with van der Waals surface area (Å²) in [5.41, 5.74) is 0.184. The van der Waals surface area contributed by atoms with Crippen LogP contribution in [0.4, 0.5) is 0 Å². The highest BCUT2D eigenvalue weighted by molar-refractivity contribution is 8.00. The van der Waals surface area contributed by atoms with Gasteiger partial charge in [0.15, 0.2) is 0 Å². The first-order valence-electron chi connectivity index (χ1n) is 7.45. The second kappa shape index (κ2) is 8.99. The van der Waals surface area contributed by atoms with Crippen molar-refractivity contribution in [1.29, 1.82) is 0 Å². The van der Waals surface area contributed by atoms with E-state index in [4.69, 9.17) is 46.4 Å². The van der Waals surface area contributed by atoms with Gasteiger partial charge in [0.05, 0.1) is 5.56 Å². The number of hydrogen-bond donors (Lipinski definition) is 1. The summed E-state index contributed by atoms with van der Waals surface area (Å²) in [7, 11) is 0. The minimum atomic E-state index is -1.01. The van der Waals surface area contributed by atoms with Crippen LogP contribution in [0.5, 0.6) is 0 Å². The van der Waals surface area contributed by atoms with Crippen molar-refractivity contribution in [2.75, 3.05) is 0 Å². The van der Waals surface area contributed by atoms with Crippen LogP contribution in [-0.2, 0) is 0 Å². The van der Waals surface area contributed by atoms with E-state index in [0.717, 1.165) is 19.6 Å². The smallest absolute Gasteiger partial charge is 0.335 e. The van der Waals surface area contributed by atoms with E-state index in [9.17, 15) is 9.90 Å². The molecule has 0 amide bonds. The molecule has 3 rings (SSSR count). The molecule has 0 aromatic heterocycles. The molecule has 8 heteroatoms. The van der Waals surface area contributed by atoms with Crippen LogP contribution in [0.3, 0.4) is 0 Å². The van der Waals surface area contributed by atoms with E-state index in [1.54, 1.807) is 48.5 Å². The summed E-state index contributed by atoms with van der Waals surface area (Å²) in [6.07, 6.45) is 0. The lowest BCUT2D eigenvalue weighted by molar-refractivity contribution is 0.0696. The Hall–Kier alpha value is -1.01. The summed E-state index contributed by atoms with van der Waals surface area (Å²) in [6, 6.07) is 15.5. The van der Waals surface area contributed by atoms with E-state index >= 15 is 0 Å². The zero-order valence-corrected chi connectivity index (χ0v) is 18.0. The van der Waals surface area contributed by atoms with Crippen LogP contribution >= 0.6 is 69.9 Å². The lowest BCUT2D eigenvalue weighted by Gasteiger charge is -2.09. The molecule has 3 aromatic carbocycles. The number of carboxylic acids is 1. The van der Waals surface area contributed by atoms with Crippen molar-refractivity contribution in [1.82, 2.24) is 0 Å². The predicted octanol–water partition coefficient (Wildman–Crippen LogP) is 8.30. The van der Waals surface area contributed by atoms with Gasteiger partial charge in [-0.3, -0.25) is 0 Å². The first-order valence-corrected chi connectivity index (χ1v) is 10.6. The molecule has 1 N–H and O–H groups in total. The van der Waals surface area contributed by atoms with Crippen LogP contribution in [0.25, 0.3) is 0 Å². The monoisotopic (exact) mass is 474 g/mol. The molecule has 138 valence electrons. The highest BCUT2D eigenvalue weighted by Gasteiger charge is 2.11. The average molecular weight is 476 g/mol. The Labute approximate surface area is 184 Å². The maximum atomic E-state index is 11.5. The van der Waals surface area contributed by atoms with Crippen LogP contribution in [0, 0.1) is 0 Å². The normalized spacial score (nSPS) is 10.8. The molecule has 2 nitrogen and oxygen atoms in total. The predicted molar refractivity (Wildman–Crippen MR) is 115 cm³/mol. The fraction of sp³-hybridized carbons (Fsp3) is 0. The maximum absolute atomic E-state index is 11.5. The first-order chi connectivity index (χ1) is 12.8. The van der Waals surface area contributed by atoms with Crippen LogP contribution < -0.4 is 0 Å². The summed E-state index contributed by atoms with van der Waals surface area (Å²) in [6.45, 7) is 0. The van der Waals surface area contributed by atoms with Crippen molar-refractivity contribution in [3.05, 3.63) is 80.3 Å². The molecule has 0 aliphatic rings. The van der Waals surface area contributed by atoms with E-state index < -0.39 is 5.97 Å². The molecule has 27 heavy (non-hydrogen) atoms. The number of rotatable bonds is 5. The Balaban J connectivity index is 1.96. The second-order valence-corrected chi connectivity index (χ2v) is 9.45. The Morgan fingerprint density at radius 3 is 1.26 bits per heavy atom. The highest BCUT2D eigenvalue weighted by Crippen LogP contribution is 2.37. The van der Waals surface area contributed by atoms with E-state index in [-0.39, 0.29) is 5.56 Å². The summed E-state index contributed by atoms with van der Waals surface area (Å²) in [4.78, 5) is 14.7. The van der Waals surface area contributed by atoms with Crippen molar-refractivity contribution >= 4 is 75.9 Å².